The molecule has 11 nitrogen and oxygen atoms in total. The van der Waals surface area contributed by atoms with Gasteiger partial charge in [0.15, 0.2) is 12.2 Å². The molecule has 292 valence electrons. The highest BCUT2D eigenvalue weighted by Crippen LogP contribution is 2.32. The zero-order valence-electron chi connectivity index (χ0n) is 32.1. The van der Waals surface area contributed by atoms with E-state index >= 15 is 0 Å². The molecule has 0 N–H and O–H groups in total. The summed E-state index contributed by atoms with van der Waals surface area (Å²) in [6.07, 6.45) is -8.15. The molecular formula is C46H42O11. The minimum absolute atomic E-state index is 0.143. The smallest absolute Gasteiger partial charge is 0.340 e. The predicted molar refractivity (Wildman–Crippen MR) is 208 cm³/mol. The fourth-order valence-electron chi connectivity index (χ4n) is 6.36. The minimum atomic E-state index is -1.77. The second-order valence-corrected chi connectivity index (χ2v) is 14.0. The van der Waals surface area contributed by atoms with Crippen LogP contribution in [0, 0.1) is 34.6 Å². The van der Waals surface area contributed by atoms with Gasteiger partial charge in [0.05, 0.1) is 27.8 Å². The summed E-state index contributed by atoms with van der Waals surface area (Å²) in [6.45, 7) is 8.45. The van der Waals surface area contributed by atoms with Crippen molar-refractivity contribution in [3.8, 4) is 0 Å². The maximum Gasteiger partial charge on any atom is 0.340 e. The summed E-state index contributed by atoms with van der Waals surface area (Å²) in [4.78, 5) is 68.9. The molecular weight excluding hydrogens is 728 g/mol. The number of aryl methyl sites for hydroxylation is 5. The van der Waals surface area contributed by atoms with Crippen LogP contribution in [0.1, 0.15) is 79.6 Å². The number of carbonyl (C=O) groups is 5. The Bertz CT molecular complexity index is 2300. The molecule has 0 spiro atoms. The van der Waals surface area contributed by atoms with Crippen LogP contribution in [0.25, 0.3) is 0 Å². The molecule has 0 unspecified atom stereocenters. The van der Waals surface area contributed by atoms with Crippen molar-refractivity contribution >= 4 is 29.8 Å². The molecule has 57 heavy (non-hydrogen) atoms. The van der Waals surface area contributed by atoms with Crippen molar-refractivity contribution in [3.63, 3.8) is 0 Å². The lowest BCUT2D eigenvalue weighted by atomic mass is 9.97. The molecule has 1 aliphatic heterocycles. The first-order chi connectivity index (χ1) is 27.3. The molecule has 0 radical (unpaired) electrons. The van der Waals surface area contributed by atoms with Crippen LogP contribution >= 0.6 is 0 Å². The minimum Gasteiger partial charge on any atom is -0.459 e. The normalized spacial score (nSPS) is 18.8. The number of ether oxygens (including phenoxy) is 6. The molecule has 5 aromatic rings. The second kappa shape index (κ2) is 17.9. The molecule has 1 fully saturated rings. The summed E-state index contributed by atoms with van der Waals surface area (Å²) in [5.74, 6) is -4.14. The lowest BCUT2D eigenvalue weighted by molar-refractivity contribution is -0.282. The quantitative estimate of drug-likeness (QED) is 0.0967. The molecule has 11 heteroatoms. The van der Waals surface area contributed by atoms with E-state index in [0.717, 1.165) is 27.8 Å². The van der Waals surface area contributed by atoms with Gasteiger partial charge in [-0.15, -0.1) is 0 Å². The van der Waals surface area contributed by atoms with Crippen molar-refractivity contribution in [2.45, 2.75) is 65.3 Å². The highest BCUT2D eigenvalue weighted by molar-refractivity contribution is 5.92. The number of benzene rings is 5. The Morgan fingerprint density at radius 2 is 0.737 bits per heavy atom. The average molecular weight is 771 g/mol. The molecule has 6 rings (SSSR count). The van der Waals surface area contributed by atoms with E-state index < -0.39 is 67.2 Å². The first-order valence-electron chi connectivity index (χ1n) is 18.3. The lowest BCUT2D eigenvalue weighted by Crippen LogP contribution is -2.63. The van der Waals surface area contributed by atoms with Crippen LogP contribution in [0.4, 0.5) is 0 Å². The van der Waals surface area contributed by atoms with E-state index in [9.17, 15) is 24.0 Å². The summed E-state index contributed by atoms with van der Waals surface area (Å²) in [5, 5.41) is 0. The molecule has 1 saturated heterocycles. The molecule has 0 bridgehead atoms. The highest BCUT2D eigenvalue weighted by atomic mass is 16.7. The van der Waals surface area contributed by atoms with Gasteiger partial charge in [-0.1, -0.05) is 88.5 Å². The van der Waals surface area contributed by atoms with Crippen LogP contribution in [0.5, 0.6) is 0 Å². The van der Waals surface area contributed by atoms with E-state index in [1.165, 1.54) is 18.2 Å². The maximum absolute atomic E-state index is 14.0. The van der Waals surface area contributed by atoms with E-state index in [-0.39, 0.29) is 27.8 Å². The largest absolute Gasteiger partial charge is 0.459 e. The number of esters is 5. The number of carbonyl (C=O) groups excluding carboxylic acids is 5. The molecule has 0 aromatic heterocycles. The van der Waals surface area contributed by atoms with E-state index in [1.807, 2.05) is 13.0 Å². The highest BCUT2D eigenvalue weighted by Gasteiger charge is 2.54. The van der Waals surface area contributed by atoms with Crippen molar-refractivity contribution in [2.75, 3.05) is 6.61 Å². The van der Waals surface area contributed by atoms with Gasteiger partial charge in [-0.25, -0.2) is 24.0 Å². The average Bonchev–Trinajstić information content (AvgIpc) is 3.19. The van der Waals surface area contributed by atoms with Gasteiger partial charge in [-0.2, -0.15) is 0 Å². The molecule has 0 amide bonds. The van der Waals surface area contributed by atoms with Gasteiger partial charge < -0.3 is 28.4 Å². The van der Waals surface area contributed by atoms with Gasteiger partial charge in [-0.3, -0.25) is 0 Å². The van der Waals surface area contributed by atoms with Crippen molar-refractivity contribution < 1.29 is 52.4 Å². The van der Waals surface area contributed by atoms with Crippen LogP contribution in [-0.4, -0.2) is 67.2 Å². The van der Waals surface area contributed by atoms with Crippen molar-refractivity contribution in [3.05, 3.63) is 177 Å². The summed E-state index contributed by atoms with van der Waals surface area (Å²) >= 11 is 0. The number of hydrogen-bond donors (Lipinski definition) is 0. The monoisotopic (exact) mass is 770 g/mol. The van der Waals surface area contributed by atoms with Gasteiger partial charge in [0.2, 0.25) is 12.4 Å². The van der Waals surface area contributed by atoms with Crippen LogP contribution in [-0.2, 0) is 28.4 Å². The summed E-state index contributed by atoms with van der Waals surface area (Å²) in [6, 6.07) is 33.1. The van der Waals surface area contributed by atoms with Crippen molar-refractivity contribution in [1.29, 1.82) is 0 Å². The van der Waals surface area contributed by atoms with Crippen molar-refractivity contribution in [1.82, 2.24) is 0 Å². The Hall–Kier alpha value is -6.59. The Balaban J connectivity index is 1.45. The lowest BCUT2D eigenvalue weighted by Gasteiger charge is -2.44. The summed E-state index contributed by atoms with van der Waals surface area (Å²) < 4.78 is 36.3. The molecule has 0 saturated carbocycles. The molecule has 1 aliphatic rings. The van der Waals surface area contributed by atoms with Crippen LogP contribution in [0.3, 0.4) is 0 Å². The number of hydrogen-bond acceptors (Lipinski definition) is 11. The fraction of sp³-hybridized carbons (Fsp3) is 0.239. The van der Waals surface area contributed by atoms with Gasteiger partial charge in [0, 0.05) is 0 Å². The predicted octanol–water partition coefficient (Wildman–Crippen LogP) is 7.64. The maximum atomic E-state index is 14.0. The zero-order chi connectivity index (χ0) is 40.6. The first kappa shape index (κ1) is 40.1. The Morgan fingerprint density at radius 3 is 1.11 bits per heavy atom. The number of rotatable bonds is 11. The van der Waals surface area contributed by atoms with Gasteiger partial charge in [0.1, 0.15) is 12.7 Å². The molecule has 1 heterocycles. The van der Waals surface area contributed by atoms with Crippen LogP contribution in [0.15, 0.2) is 121 Å². The standard InChI is InChI=1S/C46H42O11/c1-27-11-6-16-32(21-27)41(47)52-26-37-38(54-42(48)33-17-7-12-28(2)22-33)39(55-43(49)34-18-8-13-29(3)23-34)40(56-44(50)35-19-9-14-30(4)24-35)46(53-37)57-45(51)36-20-10-15-31(5)25-36/h6-25,37-40,46H,26H2,1-5H3/t37-,38-,39+,40-,46+/m0/s1. The Morgan fingerprint density at radius 1 is 0.421 bits per heavy atom. The third-order valence-corrected chi connectivity index (χ3v) is 9.19. The first-order valence-corrected chi connectivity index (χ1v) is 18.3. The second-order valence-electron chi connectivity index (χ2n) is 14.0. The van der Waals surface area contributed by atoms with E-state index in [4.69, 9.17) is 28.4 Å². The zero-order valence-corrected chi connectivity index (χ0v) is 32.1. The molecule has 5 aromatic carbocycles. The van der Waals surface area contributed by atoms with Gasteiger partial charge in [0.25, 0.3) is 0 Å². The van der Waals surface area contributed by atoms with E-state index in [1.54, 1.807) is 125 Å². The van der Waals surface area contributed by atoms with Gasteiger partial charge in [-0.05, 0) is 95.3 Å². The summed E-state index contributed by atoms with van der Waals surface area (Å²) in [5.41, 5.74) is 4.72. The fourth-order valence-corrected chi connectivity index (χ4v) is 6.36. The van der Waals surface area contributed by atoms with Crippen LogP contribution < -0.4 is 0 Å². The van der Waals surface area contributed by atoms with E-state index in [0.29, 0.717) is 0 Å². The SMILES string of the molecule is Cc1cccc(C(=O)OC[C@@H]2O[C@H](OC(=O)c3cccc(C)c3)[C@@H](OC(=O)c3cccc(C)c3)[C@H](OC(=O)c3cccc(C)c3)[C@H]2OC(=O)c2cccc(C)c2)c1. The molecule has 5 atom stereocenters. The van der Waals surface area contributed by atoms with Gasteiger partial charge >= 0.3 is 29.8 Å². The molecule has 0 aliphatic carbocycles. The topological polar surface area (TPSA) is 141 Å². The Kier molecular flexibility index (Phi) is 12.6. The van der Waals surface area contributed by atoms with Crippen LogP contribution in [0.2, 0.25) is 0 Å². The van der Waals surface area contributed by atoms with E-state index in [2.05, 4.69) is 0 Å². The third kappa shape index (κ3) is 10.2. The van der Waals surface area contributed by atoms with Crippen molar-refractivity contribution in [2.24, 2.45) is 0 Å². The summed E-state index contributed by atoms with van der Waals surface area (Å²) in [7, 11) is 0. The Labute approximate surface area is 330 Å². The third-order valence-electron chi connectivity index (χ3n) is 9.19.